The number of hydrogen-bond donors (Lipinski definition) is 1. The molecule has 0 radical (unpaired) electrons. The lowest BCUT2D eigenvalue weighted by Crippen LogP contribution is -2.14. The zero-order valence-corrected chi connectivity index (χ0v) is 15.6. The fourth-order valence-corrected chi connectivity index (χ4v) is 3.59. The quantitative estimate of drug-likeness (QED) is 0.640. The van der Waals surface area contributed by atoms with Crippen LogP contribution in [0, 0.1) is 0 Å². The highest BCUT2D eigenvalue weighted by molar-refractivity contribution is 7.14. The van der Waals surface area contributed by atoms with Gasteiger partial charge < -0.3 is 10.1 Å². The Labute approximate surface area is 159 Å². The number of aromatic nitrogens is 1. The van der Waals surface area contributed by atoms with Gasteiger partial charge in [-0.3, -0.25) is 4.79 Å². The highest BCUT2D eigenvalue weighted by atomic mass is 35.5. The van der Waals surface area contributed by atoms with Crippen molar-refractivity contribution in [3.63, 3.8) is 0 Å². The van der Waals surface area contributed by atoms with Gasteiger partial charge in [0, 0.05) is 21.0 Å². The maximum Gasteiger partial charge on any atom is 0.230 e. The standard InChI is InChI=1S/C18H14Cl2N2O2S/c1-24-16-8-3-2-5-11(16)15-10-25-18(21-15)22-17(23)9-12-13(19)6-4-7-14(12)20/h2-8,10H,9H2,1H3,(H,21,22,23). The first-order valence-electron chi connectivity index (χ1n) is 7.40. The van der Waals surface area contributed by atoms with E-state index >= 15 is 0 Å². The SMILES string of the molecule is COc1ccccc1-c1csc(NC(=O)Cc2c(Cl)cccc2Cl)n1. The lowest BCUT2D eigenvalue weighted by Gasteiger charge is -2.07. The van der Waals surface area contributed by atoms with E-state index in [2.05, 4.69) is 10.3 Å². The van der Waals surface area contributed by atoms with Gasteiger partial charge in [-0.1, -0.05) is 41.4 Å². The molecule has 1 N–H and O–H groups in total. The highest BCUT2D eigenvalue weighted by Crippen LogP contribution is 2.32. The number of nitrogens with one attached hydrogen (secondary N) is 1. The Kier molecular flexibility index (Phi) is 5.58. The average Bonchev–Trinajstić information content (AvgIpc) is 3.06. The molecule has 1 aromatic heterocycles. The van der Waals surface area contributed by atoms with Crippen LogP contribution in [-0.4, -0.2) is 18.0 Å². The monoisotopic (exact) mass is 392 g/mol. The second-order valence-corrected chi connectivity index (χ2v) is 6.84. The second kappa shape index (κ2) is 7.87. The number of halogens is 2. The molecule has 0 aliphatic carbocycles. The zero-order valence-electron chi connectivity index (χ0n) is 13.3. The van der Waals surface area contributed by atoms with Crippen LogP contribution in [0.3, 0.4) is 0 Å². The lowest BCUT2D eigenvalue weighted by atomic mass is 10.1. The van der Waals surface area contributed by atoms with Crippen molar-refractivity contribution in [2.75, 3.05) is 12.4 Å². The van der Waals surface area contributed by atoms with Crippen LogP contribution < -0.4 is 10.1 Å². The summed E-state index contributed by atoms with van der Waals surface area (Å²) in [6.07, 6.45) is 0.0854. The average molecular weight is 393 g/mol. The fraction of sp³-hybridized carbons (Fsp3) is 0.111. The molecule has 2 aromatic carbocycles. The van der Waals surface area contributed by atoms with Gasteiger partial charge in [-0.25, -0.2) is 4.98 Å². The molecule has 1 heterocycles. The molecule has 4 nitrogen and oxygen atoms in total. The minimum Gasteiger partial charge on any atom is -0.496 e. The number of para-hydroxylation sites is 1. The van der Waals surface area contributed by atoms with Crippen LogP contribution in [0.2, 0.25) is 10.0 Å². The molecule has 0 unspecified atom stereocenters. The van der Waals surface area contributed by atoms with Crippen LogP contribution in [0.15, 0.2) is 47.8 Å². The molecule has 25 heavy (non-hydrogen) atoms. The van der Waals surface area contributed by atoms with Crippen LogP contribution in [-0.2, 0) is 11.2 Å². The van der Waals surface area contributed by atoms with Gasteiger partial charge in [0.25, 0.3) is 0 Å². The number of carbonyl (C=O) groups is 1. The summed E-state index contributed by atoms with van der Waals surface area (Å²) < 4.78 is 5.34. The fourth-order valence-electron chi connectivity index (χ4n) is 2.34. The highest BCUT2D eigenvalue weighted by Gasteiger charge is 2.14. The van der Waals surface area contributed by atoms with E-state index in [1.54, 1.807) is 25.3 Å². The van der Waals surface area contributed by atoms with Crippen molar-refractivity contribution in [1.82, 2.24) is 4.98 Å². The first-order valence-corrected chi connectivity index (χ1v) is 9.03. The molecule has 0 saturated carbocycles. The number of benzene rings is 2. The maximum atomic E-state index is 12.3. The number of rotatable bonds is 5. The summed E-state index contributed by atoms with van der Waals surface area (Å²) >= 11 is 13.6. The third-order valence-electron chi connectivity index (χ3n) is 3.53. The van der Waals surface area contributed by atoms with Crippen LogP contribution in [0.5, 0.6) is 5.75 Å². The molecule has 0 aliphatic rings. The van der Waals surface area contributed by atoms with Crippen LogP contribution >= 0.6 is 34.5 Å². The predicted octanol–water partition coefficient (Wildman–Crippen LogP) is 5.31. The zero-order chi connectivity index (χ0) is 17.8. The van der Waals surface area contributed by atoms with Gasteiger partial charge in [-0.15, -0.1) is 11.3 Å². The van der Waals surface area contributed by atoms with Crippen LogP contribution in [0.4, 0.5) is 5.13 Å². The molecular formula is C18H14Cl2N2O2S. The molecule has 0 fully saturated rings. The van der Waals surface area contributed by atoms with Gasteiger partial charge in [0.05, 0.1) is 19.2 Å². The summed E-state index contributed by atoms with van der Waals surface area (Å²) in [5.41, 5.74) is 2.22. The van der Waals surface area contributed by atoms with Gasteiger partial charge >= 0.3 is 0 Å². The molecule has 1 amide bonds. The molecule has 0 atom stereocenters. The van der Waals surface area contributed by atoms with E-state index in [1.807, 2.05) is 29.6 Å². The maximum absolute atomic E-state index is 12.3. The summed E-state index contributed by atoms with van der Waals surface area (Å²) in [6, 6.07) is 12.7. The molecule has 3 rings (SSSR count). The van der Waals surface area contributed by atoms with Crippen molar-refractivity contribution >= 4 is 45.6 Å². The summed E-state index contributed by atoms with van der Waals surface area (Å²) in [7, 11) is 1.61. The number of anilines is 1. The van der Waals surface area contributed by atoms with Crippen molar-refractivity contribution in [3.8, 4) is 17.0 Å². The number of methoxy groups -OCH3 is 1. The molecule has 0 saturated heterocycles. The minimum absolute atomic E-state index is 0.0854. The molecule has 0 bridgehead atoms. The van der Waals surface area contributed by atoms with E-state index in [4.69, 9.17) is 27.9 Å². The van der Waals surface area contributed by atoms with E-state index in [9.17, 15) is 4.79 Å². The normalized spacial score (nSPS) is 10.5. The number of ether oxygens (including phenoxy) is 1. The Hall–Kier alpha value is -2.08. The van der Waals surface area contributed by atoms with E-state index in [-0.39, 0.29) is 12.3 Å². The number of amides is 1. The Balaban J connectivity index is 1.74. The van der Waals surface area contributed by atoms with Crippen LogP contribution in [0.1, 0.15) is 5.56 Å². The summed E-state index contributed by atoms with van der Waals surface area (Å²) in [5.74, 6) is 0.504. The largest absolute Gasteiger partial charge is 0.496 e. The first kappa shape index (κ1) is 17.7. The van der Waals surface area contributed by atoms with Gasteiger partial charge in [-0.2, -0.15) is 0 Å². The molecule has 3 aromatic rings. The second-order valence-electron chi connectivity index (χ2n) is 5.16. The molecule has 128 valence electrons. The molecule has 0 spiro atoms. The van der Waals surface area contributed by atoms with Gasteiger partial charge in [0.1, 0.15) is 5.75 Å². The van der Waals surface area contributed by atoms with E-state index in [1.165, 1.54) is 11.3 Å². The third-order valence-corrected chi connectivity index (χ3v) is 5.00. The summed E-state index contributed by atoms with van der Waals surface area (Å²) in [6.45, 7) is 0. The van der Waals surface area contributed by atoms with Gasteiger partial charge in [-0.05, 0) is 29.8 Å². The number of thiazole rings is 1. The Morgan fingerprint density at radius 3 is 2.60 bits per heavy atom. The van der Waals surface area contributed by atoms with Gasteiger partial charge in [0.2, 0.25) is 5.91 Å². The summed E-state index contributed by atoms with van der Waals surface area (Å²) in [5, 5.41) is 6.10. The molecule has 7 heteroatoms. The Morgan fingerprint density at radius 1 is 1.16 bits per heavy atom. The Bertz CT molecular complexity index is 891. The number of nitrogens with zero attached hydrogens (tertiary/aromatic N) is 1. The number of hydrogen-bond acceptors (Lipinski definition) is 4. The van der Waals surface area contributed by atoms with Crippen molar-refractivity contribution in [2.24, 2.45) is 0 Å². The van der Waals surface area contributed by atoms with Crippen molar-refractivity contribution in [3.05, 3.63) is 63.5 Å². The van der Waals surface area contributed by atoms with Crippen molar-refractivity contribution in [1.29, 1.82) is 0 Å². The van der Waals surface area contributed by atoms with E-state index in [0.29, 0.717) is 20.7 Å². The molecular weight excluding hydrogens is 379 g/mol. The van der Waals surface area contributed by atoms with E-state index < -0.39 is 0 Å². The molecule has 0 aliphatic heterocycles. The first-order chi connectivity index (χ1) is 12.1. The third kappa shape index (κ3) is 4.12. The van der Waals surface area contributed by atoms with Crippen LogP contribution in [0.25, 0.3) is 11.3 Å². The summed E-state index contributed by atoms with van der Waals surface area (Å²) in [4.78, 5) is 16.7. The lowest BCUT2D eigenvalue weighted by molar-refractivity contribution is -0.115. The Morgan fingerprint density at radius 2 is 1.88 bits per heavy atom. The van der Waals surface area contributed by atoms with Crippen molar-refractivity contribution in [2.45, 2.75) is 6.42 Å². The smallest absolute Gasteiger partial charge is 0.230 e. The predicted molar refractivity (Wildman–Crippen MR) is 103 cm³/mol. The van der Waals surface area contributed by atoms with E-state index in [0.717, 1.165) is 17.0 Å². The minimum atomic E-state index is -0.226. The van der Waals surface area contributed by atoms with Crippen molar-refractivity contribution < 1.29 is 9.53 Å². The van der Waals surface area contributed by atoms with Gasteiger partial charge in [0.15, 0.2) is 5.13 Å². The number of carbonyl (C=O) groups excluding carboxylic acids is 1. The topological polar surface area (TPSA) is 51.2 Å².